The van der Waals surface area contributed by atoms with Gasteiger partial charge in [-0.1, -0.05) is 29.8 Å². The van der Waals surface area contributed by atoms with Crippen molar-refractivity contribution in [3.05, 3.63) is 66.0 Å². The second kappa shape index (κ2) is 7.31. The predicted octanol–water partition coefficient (Wildman–Crippen LogP) is 3.46. The van der Waals surface area contributed by atoms with E-state index in [1.807, 2.05) is 67.1 Å². The van der Waals surface area contributed by atoms with Crippen LogP contribution in [-0.2, 0) is 18.3 Å². The van der Waals surface area contributed by atoms with E-state index in [2.05, 4.69) is 15.5 Å². The molecule has 3 aromatic rings. The van der Waals surface area contributed by atoms with Crippen LogP contribution < -0.4 is 5.32 Å². The van der Waals surface area contributed by atoms with Crippen LogP contribution in [0.15, 0.2) is 64.9 Å². The molecule has 1 N–H and O–H groups in total. The average molecular weight is 338 g/mol. The molecule has 1 heterocycles. The maximum atomic E-state index is 12.1. The lowest BCUT2D eigenvalue weighted by Gasteiger charge is -2.07. The Morgan fingerprint density at radius 1 is 1.12 bits per heavy atom. The van der Waals surface area contributed by atoms with E-state index >= 15 is 0 Å². The number of hydrogen-bond donors (Lipinski definition) is 1. The molecular formula is C18H18N4OS. The fourth-order valence-corrected chi connectivity index (χ4v) is 2.94. The van der Waals surface area contributed by atoms with Crippen LogP contribution in [0.3, 0.4) is 0 Å². The van der Waals surface area contributed by atoms with Gasteiger partial charge in [0.05, 0.1) is 6.42 Å². The van der Waals surface area contributed by atoms with Gasteiger partial charge >= 0.3 is 0 Å². The molecule has 0 aliphatic carbocycles. The number of carbonyl (C=O) groups excluding carboxylic acids is 1. The maximum Gasteiger partial charge on any atom is 0.228 e. The number of nitrogens with one attached hydrogen (secondary N) is 1. The molecule has 0 aliphatic heterocycles. The van der Waals surface area contributed by atoms with Gasteiger partial charge < -0.3 is 9.88 Å². The maximum absolute atomic E-state index is 12.1. The summed E-state index contributed by atoms with van der Waals surface area (Å²) in [7, 11) is 1.90. The first-order valence-corrected chi connectivity index (χ1v) is 8.39. The van der Waals surface area contributed by atoms with Crippen molar-refractivity contribution in [2.24, 2.45) is 7.05 Å². The molecule has 0 radical (unpaired) electrons. The van der Waals surface area contributed by atoms with E-state index < -0.39 is 0 Å². The molecule has 3 rings (SSSR count). The molecular weight excluding hydrogens is 320 g/mol. The van der Waals surface area contributed by atoms with Gasteiger partial charge in [-0.05, 0) is 48.5 Å². The van der Waals surface area contributed by atoms with Crippen molar-refractivity contribution in [2.75, 3.05) is 5.32 Å². The molecule has 0 unspecified atom stereocenters. The summed E-state index contributed by atoms with van der Waals surface area (Å²) in [4.78, 5) is 13.2. The molecule has 5 nitrogen and oxygen atoms in total. The lowest BCUT2D eigenvalue weighted by Crippen LogP contribution is -2.14. The molecule has 1 aromatic heterocycles. The van der Waals surface area contributed by atoms with Gasteiger partial charge in [0.25, 0.3) is 0 Å². The minimum atomic E-state index is -0.0208. The van der Waals surface area contributed by atoms with Crippen molar-refractivity contribution in [2.45, 2.75) is 23.4 Å². The van der Waals surface area contributed by atoms with Gasteiger partial charge in [-0.2, -0.15) is 0 Å². The molecule has 1 amide bonds. The second-order valence-corrected chi connectivity index (χ2v) is 6.60. The predicted molar refractivity (Wildman–Crippen MR) is 95.1 cm³/mol. The summed E-state index contributed by atoms with van der Waals surface area (Å²) in [6.07, 6.45) is 2.04. The molecule has 6 heteroatoms. The van der Waals surface area contributed by atoms with Gasteiger partial charge in [0.1, 0.15) is 6.33 Å². The summed E-state index contributed by atoms with van der Waals surface area (Å²) in [5.74, 6) is -0.0208. The topological polar surface area (TPSA) is 59.8 Å². The van der Waals surface area contributed by atoms with Crippen LogP contribution in [-0.4, -0.2) is 20.7 Å². The van der Waals surface area contributed by atoms with Gasteiger partial charge in [0, 0.05) is 17.6 Å². The monoisotopic (exact) mass is 338 g/mol. The highest BCUT2D eigenvalue weighted by Crippen LogP contribution is 2.26. The lowest BCUT2D eigenvalue weighted by atomic mass is 10.1. The highest BCUT2D eigenvalue weighted by molar-refractivity contribution is 7.99. The number of hydrogen-bond acceptors (Lipinski definition) is 4. The molecule has 0 aliphatic rings. The number of anilines is 1. The normalized spacial score (nSPS) is 10.6. The van der Waals surface area contributed by atoms with Crippen LogP contribution in [0.4, 0.5) is 5.69 Å². The molecule has 0 spiro atoms. The largest absolute Gasteiger partial charge is 0.326 e. The number of rotatable bonds is 5. The molecule has 0 atom stereocenters. The van der Waals surface area contributed by atoms with E-state index in [4.69, 9.17) is 0 Å². The molecule has 0 fully saturated rings. The Kier molecular flexibility index (Phi) is 4.96. The first-order chi connectivity index (χ1) is 11.6. The molecule has 2 aromatic carbocycles. The van der Waals surface area contributed by atoms with Crippen molar-refractivity contribution in [1.29, 1.82) is 0 Å². The van der Waals surface area contributed by atoms with E-state index in [1.165, 1.54) is 17.3 Å². The van der Waals surface area contributed by atoms with E-state index in [0.29, 0.717) is 6.42 Å². The van der Waals surface area contributed by atoms with Crippen LogP contribution in [0.2, 0.25) is 0 Å². The van der Waals surface area contributed by atoms with Crippen molar-refractivity contribution < 1.29 is 4.79 Å². The van der Waals surface area contributed by atoms with Crippen molar-refractivity contribution in [3.8, 4) is 0 Å². The number of benzene rings is 2. The Balaban J connectivity index is 1.58. The SMILES string of the molecule is Cc1ccc(CC(=O)Nc2ccc(Sc3nncn3C)cc2)cc1. The molecule has 0 saturated heterocycles. The van der Waals surface area contributed by atoms with Crippen molar-refractivity contribution in [1.82, 2.24) is 14.8 Å². The fraction of sp³-hybridized carbons (Fsp3) is 0.167. The number of aromatic nitrogens is 3. The standard InChI is InChI=1S/C18H18N4OS/c1-13-3-5-14(6-4-13)11-17(23)20-15-7-9-16(10-8-15)24-18-21-19-12-22(18)2/h3-10,12H,11H2,1-2H3,(H,20,23). The summed E-state index contributed by atoms with van der Waals surface area (Å²) in [6, 6.07) is 15.7. The number of nitrogens with zero attached hydrogens (tertiary/aromatic N) is 3. The third-order valence-electron chi connectivity index (χ3n) is 3.50. The van der Waals surface area contributed by atoms with Crippen LogP contribution in [0.1, 0.15) is 11.1 Å². The van der Waals surface area contributed by atoms with E-state index in [1.54, 1.807) is 6.33 Å². The Hall–Kier alpha value is -2.60. The Morgan fingerprint density at radius 2 is 1.83 bits per heavy atom. The van der Waals surface area contributed by atoms with Crippen LogP contribution in [0.25, 0.3) is 0 Å². The third-order valence-corrected chi connectivity index (χ3v) is 4.56. The third kappa shape index (κ3) is 4.23. The quantitative estimate of drug-likeness (QED) is 0.774. The zero-order chi connectivity index (χ0) is 16.9. The highest BCUT2D eigenvalue weighted by atomic mass is 32.2. The van der Waals surface area contributed by atoms with Crippen molar-refractivity contribution in [3.63, 3.8) is 0 Å². The molecule has 0 bridgehead atoms. The zero-order valence-electron chi connectivity index (χ0n) is 13.6. The van der Waals surface area contributed by atoms with Gasteiger partial charge in [0.15, 0.2) is 5.16 Å². The molecule has 122 valence electrons. The first kappa shape index (κ1) is 16.3. The van der Waals surface area contributed by atoms with Crippen LogP contribution >= 0.6 is 11.8 Å². The first-order valence-electron chi connectivity index (χ1n) is 7.57. The molecule has 0 saturated carbocycles. The highest BCUT2D eigenvalue weighted by Gasteiger charge is 2.06. The smallest absolute Gasteiger partial charge is 0.228 e. The summed E-state index contributed by atoms with van der Waals surface area (Å²) in [6.45, 7) is 2.03. The van der Waals surface area contributed by atoms with Gasteiger partial charge in [-0.15, -0.1) is 10.2 Å². The summed E-state index contributed by atoms with van der Waals surface area (Å²) < 4.78 is 1.86. The summed E-state index contributed by atoms with van der Waals surface area (Å²) >= 11 is 1.53. The number of amides is 1. The van der Waals surface area contributed by atoms with Gasteiger partial charge in [0.2, 0.25) is 5.91 Å². The Morgan fingerprint density at radius 3 is 2.46 bits per heavy atom. The van der Waals surface area contributed by atoms with Crippen molar-refractivity contribution >= 4 is 23.4 Å². The Bertz CT molecular complexity index is 825. The number of carbonyl (C=O) groups is 1. The minimum absolute atomic E-state index is 0.0208. The summed E-state index contributed by atoms with van der Waals surface area (Å²) in [5, 5.41) is 11.6. The second-order valence-electron chi connectivity index (χ2n) is 5.56. The average Bonchev–Trinajstić information content (AvgIpc) is 2.96. The van der Waals surface area contributed by atoms with Crippen LogP contribution in [0.5, 0.6) is 0 Å². The van der Waals surface area contributed by atoms with Gasteiger partial charge in [-0.25, -0.2) is 0 Å². The van der Waals surface area contributed by atoms with E-state index in [-0.39, 0.29) is 5.91 Å². The number of aryl methyl sites for hydroxylation is 2. The lowest BCUT2D eigenvalue weighted by molar-refractivity contribution is -0.115. The zero-order valence-corrected chi connectivity index (χ0v) is 14.4. The van der Waals surface area contributed by atoms with E-state index in [9.17, 15) is 4.79 Å². The van der Waals surface area contributed by atoms with Crippen LogP contribution in [0, 0.1) is 6.92 Å². The Labute approximate surface area is 145 Å². The summed E-state index contributed by atoms with van der Waals surface area (Å²) in [5.41, 5.74) is 2.98. The van der Waals surface area contributed by atoms with E-state index in [0.717, 1.165) is 21.3 Å². The minimum Gasteiger partial charge on any atom is -0.326 e. The fourth-order valence-electron chi connectivity index (χ4n) is 2.17. The molecule has 24 heavy (non-hydrogen) atoms. The van der Waals surface area contributed by atoms with Gasteiger partial charge in [-0.3, -0.25) is 4.79 Å².